The first kappa shape index (κ1) is 19.1. The topological polar surface area (TPSA) is 49.0 Å². The monoisotopic (exact) mass is 409 g/mol. The zero-order chi connectivity index (χ0) is 21.2. The van der Waals surface area contributed by atoms with E-state index in [-0.39, 0.29) is 5.56 Å². The molecule has 0 aliphatic rings. The van der Waals surface area contributed by atoms with Crippen LogP contribution in [0.15, 0.2) is 90.0 Å². The third-order valence-electron chi connectivity index (χ3n) is 5.69. The molecule has 154 valence electrons. The standard InChI is InChI=1S/C26H23N3O2/c1-31-21-11-7-10-20(16-21)17-29-23-13-6-5-12-22(23)24-25(29)26(30)28(18-27-24)15-14-19-8-3-2-4-9-19/h2-13,16,18H,14-15,17H2,1H3. The largest absolute Gasteiger partial charge is 0.497 e. The number of rotatable bonds is 6. The Balaban J connectivity index is 1.62. The van der Waals surface area contributed by atoms with Crippen LogP contribution in [0.5, 0.6) is 5.75 Å². The fourth-order valence-corrected chi connectivity index (χ4v) is 4.12. The summed E-state index contributed by atoms with van der Waals surface area (Å²) in [5, 5.41) is 0.993. The number of nitrogens with zero attached hydrogens (tertiary/aromatic N) is 3. The number of ether oxygens (including phenoxy) is 1. The molecule has 5 nitrogen and oxygen atoms in total. The molecule has 0 fully saturated rings. The molecule has 5 rings (SSSR count). The lowest BCUT2D eigenvalue weighted by molar-refractivity contribution is 0.414. The van der Waals surface area contributed by atoms with Crippen molar-refractivity contribution in [3.63, 3.8) is 0 Å². The summed E-state index contributed by atoms with van der Waals surface area (Å²) in [6.07, 6.45) is 2.46. The fourth-order valence-electron chi connectivity index (χ4n) is 4.12. The van der Waals surface area contributed by atoms with E-state index in [0.717, 1.165) is 34.2 Å². The molecule has 0 radical (unpaired) electrons. The van der Waals surface area contributed by atoms with Gasteiger partial charge in [0, 0.05) is 18.5 Å². The van der Waals surface area contributed by atoms with E-state index in [4.69, 9.17) is 9.72 Å². The normalized spacial score (nSPS) is 11.3. The van der Waals surface area contributed by atoms with Gasteiger partial charge in [-0.15, -0.1) is 0 Å². The SMILES string of the molecule is COc1cccc(Cn2c3ccccc3c3ncn(CCc4ccccc4)c(=O)c32)c1. The van der Waals surface area contributed by atoms with Crippen LogP contribution in [0.2, 0.25) is 0 Å². The maximum atomic E-state index is 13.5. The minimum Gasteiger partial charge on any atom is -0.497 e. The molecule has 0 aliphatic carbocycles. The molecule has 5 aromatic rings. The Kier molecular flexibility index (Phi) is 5.00. The van der Waals surface area contributed by atoms with Gasteiger partial charge in [-0.25, -0.2) is 4.98 Å². The molecule has 31 heavy (non-hydrogen) atoms. The minimum atomic E-state index is -0.0139. The van der Waals surface area contributed by atoms with Gasteiger partial charge in [-0.1, -0.05) is 60.7 Å². The van der Waals surface area contributed by atoms with Gasteiger partial charge >= 0.3 is 0 Å². The van der Waals surface area contributed by atoms with E-state index in [1.807, 2.05) is 66.7 Å². The molecule has 0 saturated carbocycles. The number of aromatic nitrogens is 3. The van der Waals surface area contributed by atoms with Crippen molar-refractivity contribution in [2.75, 3.05) is 7.11 Å². The smallest absolute Gasteiger partial charge is 0.277 e. The molecule has 0 unspecified atom stereocenters. The Morgan fingerprint density at radius 1 is 0.903 bits per heavy atom. The Bertz CT molecular complexity index is 1420. The van der Waals surface area contributed by atoms with Crippen LogP contribution in [0, 0.1) is 0 Å². The summed E-state index contributed by atoms with van der Waals surface area (Å²) in [5.74, 6) is 0.802. The molecule has 5 heteroatoms. The first-order chi connectivity index (χ1) is 15.2. The highest BCUT2D eigenvalue weighted by molar-refractivity contribution is 6.05. The lowest BCUT2D eigenvalue weighted by atomic mass is 10.1. The minimum absolute atomic E-state index is 0.0139. The molecule has 0 aliphatic heterocycles. The number of methoxy groups -OCH3 is 1. The average molecular weight is 409 g/mol. The quantitative estimate of drug-likeness (QED) is 0.410. The number of fused-ring (bicyclic) bond motifs is 3. The number of para-hydroxylation sites is 1. The molecule has 3 aromatic carbocycles. The second-order valence-corrected chi connectivity index (χ2v) is 7.63. The van der Waals surface area contributed by atoms with Gasteiger partial charge in [0.05, 0.1) is 19.0 Å². The first-order valence-corrected chi connectivity index (χ1v) is 10.4. The third kappa shape index (κ3) is 3.59. The van der Waals surface area contributed by atoms with Crippen molar-refractivity contribution in [1.29, 1.82) is 0 Å². The molecule has 0 amide bonds. The van der Waals surface area contributed by atoms with Gasteiger partial charge in [-0.3, -0.25) is 9.36 Å². The molecule has 0 bridgehead atoms. The van der Waals surface area contributed by atoms with Crippen LogP contribution >= 0.6 is 0 Å². The Hall–Kier alpha value is -3.86. The zero-order valence-corrected chi connectivity index (χ0v) is 17.4. The first-order valence-electron chi connectivity index (χ1n) is 10.4. The van der Waals surface area contributed by atoms with Gasteiger partial charge in [-0.2, -0.15) is 0 Å². The van der Waals surface area contributed by atoms with E-state index in [2.05, 4.69) is 16.7 Å². The van der Waals surface area contributed by atoms with Crippen molar-refractivity contribution in [1.82, 2.24) is 14.1 Å². The van der Waals surface area contributed by atoms with Crippen LogP contribution < -0.4 is 10.3 Å². The summed E-state index contributed by atoms with van der Waals surface area (Å²) < 4.78 is 9.17. The number of hydrogen-bond donors (Lipinski definition) is 0. The van der Waals surface area contributed by atoms with Crippen LogP contribution in [0.3, 0.4) is 0 Å². The van der Waals surface area contributed by atoms with E-state index < -0.39 is 0 Å². The Morgan fingerprint density at radius 3 is 2.52 bits per heavy atom. The molecule has 2 heterocycles. The molecule has 2 aromatic heterocycles. The van der Waals surface area contributed by atoms with Crippen LogP contribution in [0.1, 0.15) is 11.1 Å². The summed E-state index contributed by atoms with van der Waals surface area (Å²) >= 11 is 0. The maximum Gasteiger partial charge on any atom is 0.277 e. The van der Waals surface area contributed by atoms with Crippen molar-refractivity contribution in [3.05, 3.63) is 107 Å². The number of hydrogen-bond acceptors (Lipinski definition) is 3. The van der Waals surface area contributed by atoms with Crippen molar-refractivity contribution < 1.29 is 4.74 Å². The van der Waals surface area contributed by atoms with Crippen molar-refractivity contribution in [3.8, 4) is 5.75 Å². The second-order valence-electron chi connectivity index (χ2n) is 7.63. The van der Waals surface area contributed by atoms with Crippen LogP contribution in [-0.2, 0) is 19.5 Å². The lowest BCUT2D eigenvalue weighted by Crippen LogP contribution is -2.23. The van der Waals surface area contributed by atoms with Gasteiger partial charge in [0.15, 0.2) is 0 Å². The average Bonchev–Trinajstić information content (AvgIpc) is 3.14. The number of benzene rings is 3. The molecule has 0 N–H and O–H groups in total. The van der Waals surface area contributed by atoms with Crippen LogP contribution in [0.25, 0.3) is 21.9 Å². The molecule has 0 spiro atoms. The highest BCUT2D eigenvalue weighted by Gasteiger charge is 2.16. The summed E-state index contributed by atoms with van der Waals surface area (Å²) in [4.78, 5) is 18.2. The van der Waals surface area contributed by atoms with E-state index in [1.54, 1.807) is 18.0 Å². The molecular formula is C26H23N3O2. The number of aryl methyl sites for hydroxylation is 2. The van der Waals surface area contributed by atoms with Crippen molar-refractivity contribution >= 4 is 21.9 Å². The van der Waals surface area contributed by atoms with Gasteiger partial charge in [0.25, 0.3) is 5.56 Å². The van der Waals surface area contributed by atoms with Gasteiger partial charge in [0.2, 0.25) is 0 Å². The van der Waals surface area contributed by atoms with E-state index in [1.165, 1.54) is 5.56 Å². The van der Waals surface area contributed by atoms with Gasteiger partial charge in [-0.05, 0) is 35.7 Å². The summed E-state index contributed by atoms with van der Waals surface area (Å²) in [6, 6.07) is 26.2. The second kappa shape index (κ2) is 8.11. The highest BCUT2D eigenvalue weighted by Crippen LogP contribution is 2.26. The Morgan fingerprint density at radius 2 is 1.68 bits per heavy atom. The predicted octanol–water partition coefficient (Wildman–Crippen LogP) is 4.65. The molecule has 0 saturated heterocycles. The van der Waals surface area contributed by atoms with Gasteiger partial charge < -0.3 is 9.30 Å². The highest BCUT2D eigenvalue weighted by atomic mass is 16.5. The van der Waals surface area contributed by atoms with Crippen molar-refractivity contribution in [2.24, 2.45) is 0 Å². The van der Waals surface area contributed by atoms with Crippen LogP contribution in [-0.4, -0.2) is 21.2 Å². The molecular weight excluding hydrogens is 386 g/mol. The molecule has 0 atom stereocenters. The third-order valence-corrected chi connectivity index (χ3v) is 5.69. The predicted molar refractivity (Wildman–Crippen MR) is 124 cm³/mol. The summed E-state index contributed by atoms with van der Waals surface area (Å²) in [6.45, 7) is 1.16. The maximum absolute atomic E-state index is 13.5. The zero-order valence-electron chi connectivity index (χ0n) is 17.4. The van der Waals surface area contributed by atoms with E-state index in [9.17, 15) is 4.79 Å². The van der Waals surface area contributed by atoms with Crippen LogP contribution in [0.4, 0.5) is 0 Å². The Labute approximate surface area is 180 Å². The summed E-state index contributed by atoms with van der Waals surface area (Å²) in [7, 11) is 1.66. The van der Waals surface area contributed by atoms with Gasteiger partial charge in [0.1, 0.15) is 16.8 Å². The lowest BCUT2D eigenvalue weighted by Gasteiger charge is -2.10. The fraction of sp³-hybridized carbons (Fsp3) is 0.154. The van der Waals surface area contributed by atoms with E-state index >= 15 is 0 Å². The van der Waals surface area contributed by atoms with Crippen molar-refractivity contribution in [2.45, 2.75) is 19.5 Å². The van der Waals surface area contributed by atoms with E-state index in [0.29, 0.717) is 18.6 Å². The summed E-state index contributed by atoms with van der Waals surface area (Å²) in [5.41, 5.74) is 4.65.